The SMILES string of the molecule is CC(=O)c1nn(CC(=O)N(CC(=O)NCc2cccc(Cl)c2F)C2CC2)c2ccc(CC(=O)CN3CCCCC3)cc12. The molecular formula is C31H35ClFN5O4. The van der Waals surface area contributed by atoms with Gasteiger partial charge in [-0.1, -0.05) is 36.2 Å². The third-order valence-electron chi connectivity index (χ3n) is 7.81. The molecule has 1 saturated heterocycles. The molecule has 2 fully saturated rings. The number of fused-ring (bicyclic) bond motifs is 1. The second kappa shape index (κ2) is 13.1. The molecule has 9 nitrogen and oxygen atoms in total. The van der Waals surface area contributed by atoms with Gasteiger partial charge in [0, 0.05) is 36.9 Å². The highest BCUT2D eigenvalue weighted by Gasteiger charge is 2.34. The molecule has 2 heterocycles. The molecule has 2 aliphatic rings. The topological polar surface area (TPSA) is 105 Å². The van der Waals surface area contributed by atoms with Crippen LogP contribution in [0.2, 0.25) is 5.02 Å². The minimum absolute atomic E-state index is 0.0240. The van der Waals surface area contributed by atoms with E-state index in [9.17, 15) is 23.6 Å². The van der Waals surface area contributed by atoms with Crippen LogP contribution in [0.15, 0.2) is 36.4 Å². The average Bonchev–Trinajstić information content (AvgIpc) is 3.74. The summed E-state index contributed by atoms with van der Waals surface area (Å²) >= 11 is 5.82. The fourth-order valence-electron chi connectivity index (χ4n) is 5.48. The van der Waals surface area contributed by atoms with Crippen LogP contribution in [0, 0.1) is 5.82 Å². The fourth-order valence-corrected chi connectivity index (χ4v) is 5.68. The molecule has 2 aromatic carbocycles. The Kier molecular flexibility index (Phi) is 9.33. The molecule has 1 N–H and O–H groups in total. The number of Topliss-reactive ketones (excluding diaryl/α,β-unsaturated/α-hetero) is 2. The van der Waals surface area contributed by atoms with Crippen LogP contribution in [0.5, 0.6) is 0 Å². The molecule has 42 heavy (non-hydrogen) atoms. The molecule has 0 bridgehead atoms. The Morgan fingerprint density at radius 3 is 2.55 bits per heavy atom. The summed E-state index contributed by atoms with van der Waals surface area (Å²) in [6.45, 7) is 3.36. The lowest BCUT2D eigenvalue weighted by molar-refractivity contribution is -0.137. The number of nitrogens with one attached hydrogen (secondary N) is 1. The van der Waals surface area contributed by atoms with Crippen molar-refractivity contribution in [2.45, 2.75) is 64.6 Å². The lowest BCUT2D eigenvalue weighted by atomic mass is 10.0. The molecular weight excluding hydrogens is 561 g/mol. The number of halogens is 2. The first-order valence-corrected chi connectivity index (χ1v) is 14.8. The minimum Gasteiger partial charge on any atom is -0.350 e. The van der Waals surface area contributed by atoms with Gasteiger partial charge in [0.1, 0.15) is 18.1 Å². The van der Waals surface area contributed by atoms with E-state index < -0.39 is 11.7 Å². The number of aromatic nitrogens is 2. The van der Waals surface area contributed by atoms with Gasteiger partial charge in [-0.3, -0.25) is 28.8 Å². The summed E-state index contributed by atoms with van der Waals surface area (Å²) in [7, 11) is 0. The molecule has 222 valence electrons. The molecule has 5 rings (SSSR count). The Morgan fingerprint density at radius 1 is 1.07 bits per heavy atom. The van der Waals surface area contributed by atoms with Crippen LogP contribution in [0.3, 0.4) is 0 Å². The van der Waals surface area contributed by atoms with Gasteiger partial charge in [-0.15, -0.1) is 0 Å². The average molecular weight is 596 g/mol. The number of nitrogens with zero attached hydrogens (tertiary/aromatic N) is 4. The number of carbonyl (C=O) groups is 4. The molecule has 11 heteroatoms. The molecule has 2 amide bonds. The van der Waals surface area contributed by atoms with Crippen molar-refractivity contribution in [2.24, 2.45) is 0 Å². The number of carbonyl (C=O) groups excluding carboxylic acids is 4. The summed E-state index contributed by atoms with van der Waals surface area (Å²) < 4.78 is 15.7. The smallest absolute Gasteiger partial charge is 0.245 e. The number of hydrogen-bond acceptors (Lipinski definition) is 6. The molecule has 1 saturated carbocycles. The van der Waals surface area contributed by atoms with Gasteiger partial charge in [-0.2, -0.15) is 5.10 Å². The van der Waals surface area contributed by atoms with E-state index in [1.54, 1.807) is 12.1 Å². The van der Waals surface area contributed by atoms with Gasteiger partial charge in [-0.25, -0.2) is 4.39 Å². The highest BCUT2D eigenvalue weighted by Crippen LogP contribution is 2.28. The zero-order valence-electron chi connectivity index (χ0n) is 23.7. The summed E-state index contributed by atoms with van der Waals surface area (Å²) in [5, 5.41) is 7.69. The first-order chi connectivity index (χ1) is 20.2. The minimum atomic E-state index is -0.587. The zero-order chi connectivity index (χ0) is 29.8. The number of benzene rings is 2. The number of likely N-dealkylation sites (tertiary alicyclic amines) is 1. The Hall–Kier alpha value is -3.63. The zero-order valence-corrected chi connectivity index (χ0v) is 24.5. The standard InChI is InChI=1S/C31H35ClFN5O4/c1-20(39)31-25-15-21(14-24(40)17-36-12-3-2-4-13-36)8-11-27(25)38(35-31)19-29(42)37(23-9-10-23)18-28(41)34-16-22-6-5-7-26(32)30(22)33/h5-8,11,15,23H,2-4,9-10,12-14,16-19H2,1H3,(H,34,41). The number of ketones is 2. The number of piperidine rings is 1. The summed E-state index contributed by atoms with van der Waals surface area (Å²) in [5.74, 6) is -1.42. The first-order valence-electron chi connectivity index (χ1n) is 14.4. The Morgan fingerprint density at radius 2 is 1.83 bits per heavy atom. The van der Waals surface area contributed by atoms with Gasteiger partial charge in [0.05, 0.1) is 23.6 Å². The maximum absolute atomic E-state index is 14.2. The monoisotopic (exact) mass is 595 g/mol. The Bertz CT molecular complexity index is 1510. The number of amides is 2. The highest BCUT2D eigenvalue weighted by atomic mass is 35.5. The van der Waals surface area contributed by atoms with Gasteiger partial charge in [0.25, 0.3) is 0 Å². The third kappa shape index (κ3) is 7.22. The van der Waals surface area contributed by atoms with E-state index in [2.05, 4.69) is 15.3 Å². The number of hydrogen-bond donors (Lipinski definition) is 1. The van der Waals surface area contributed by atoms with Gasteiger partial charge >= 0.3 is 0 Å². The second-order valence-corrected chi connectivity index (χ2v) is 11.6. The van der Waals surface area contributed by atoms with Gasteiger partial charge in [0.2, 0.25) is 11.8 Å². The van der Waals surface area contributed by atoms with Crippen LogP contribution in [0.4, 0.5) is 4.39 Å². The van der Waals surface area contributed by atoms with Gasteiger partial charge < -0.3 is 10.2 Å². The summed E-state index contributed by atoms with van der Waals surface area (Å²) in [6.07, 6.45) is 5.27. The molecule has 3 aromatic rings. The van der Waals surface area contributed by atoms with E-state index in [1.807, 2.05) is 12.1 Å². The molecule has 1 aliphatic heterocycles. The first kappa shape index (κ1) is 29.8. The quantitative estimate of drug-likeness (QED) is 0.318. The molecule has 0 unspecified atom stereocenters. The van der Waals surface area contributed by atoms with Crippen LogP contribution < -0.4 is 5.32 Å². The van der Waals surface area contributed by atoms with Crippen molar-refractivity contribution in [3.05, 3.63) is 64.1 Å². The molecule has 0 radical (unpaired) electrons. The largest absolute Gasteiger partial charge is 0.350 e. The Labute approximate surface area is 249 Å². The van der Waals surface area contributed by atoms with Crippen LogP contribution in [-0.4, -0.2) is 75.2 Å². The van der Waals surface area contributed by atoms with Crippen LogP contribution in [0.1, 0.15) is 60.6 Å². The summed E-state index contributed by atoms with van der Waals surface area (Å²) in [6, 6.07) is 9.96. The highest BCUT2D eigenvalue weighted by molar-refractivity contribution is 6.30. The molecule has 1 aromatic heterocycles. The van der Waals surface area contributed by atoms with Crippen molar-refractivity contribution in [2.75, 3.05) is 26.2 Å². The van der Waals surface area contributed by atoms with E-state index in [4.69, 9.17) is 11.6 Å². The van der Waals surface area contributed by atoms with Crippen molar-refractivity contribution < 1.29 is 23.6 Å². The summed E-state index contributed by atoms with van der Waals surface area (Å²) in [5.41, 5.74) is 1.90. The summed E-state index contributed by atoms with van der Waals surface area (Å²) in [4.78, 5) is 55.0. The van der Waals surface area contributed by atoms with Crippen molar-refractivity contribution in [3.63, 3.8) is 0 Å². The van der Waals surface area contributed by atoms with E-state index in [0.29, 0.717) is 17.4 Å². The van der Waals surface area contributed by atoms with Gasteiger partial charge in [0.15, 0.2) is 11.6 Å². The van der Waals surface area contributed by atoms with E-state index in [-0.39, 0.29) is 65.9 Å². The van der Waals surface area contributed by atoms with Crippen molar-refractivity contribution >= 4 is 45.9 Å². The lowest BCUT2D eigenvalue weighted by Gasteiger charge is -2.25. The van der Waals surface area contributed by atoms with E-state index >= 15 is 0 Å². The maximum Gasteiger partial charge on any atom is 0.245 e. The van der Waals surface area contributed by atoms with Crippen molar-refractivity contribution in [1.82, 2.24) is 24.9 Å². The molecule has 0 atom stereocenters. The molecule has 0 spiro atoms. The van der Waals surface area contributed by atoms with Crippen molar-refractivity contribution in [1.29, 1.82) is 0 Å². The molecule has 1 aliphatic carbocycles. The number of rotatable bonds is 12. The van der Waals surface area contributed by atoms with Gasteiger partial charge in [-0.05, 0) is 62.5 Å². The maximum atomic E-state index is 14.2. The lowest BCUT2D eigenvalue weighted by Crippen LogP contribution is -2.43. The second-order valence-electron chi connectivity index (χ2n) is 11.2. The van der Waals surface area contributed by atoms with E-state index in [0.717, 1.165) is 44.3 Å². The van der Waals surface area contributed by atoms with E-state index in [1.165, 1.54) is 35.1 Å². The van der Waals surface area contributed by atoms with Crippen LogP contribution in [-0.2, 0) is 33.9 Å². The third-order valence-corrected chi connectivity index (χ3v) is 8.10. The van der Waals surface area contributed by atoms with Crippen LogP contribution >= 0.6 is 11.6 Å². The van der Waals surface area contributed by atoms with Crippen LogP contribution in [0.25, 0.3) is 10.9 Å². The normalized spacial score (nSPS) is 15.5. The predicted octanol–water partition coefficient (Wildman–Crippen LogP) is 3.94. The Balaban J connectivity index is 1.26. The fraction of sp³-hybridized carbons (Fsp3) is 0.452. The predicted molar refractivity (Wildman–Crippen MR) is 157 cm³/mol. The van der Waals surface area contributed by atoms with Crippen molar-refractivity contribution in [3.8, 4) is 0 Å².